The molecule has 0 fully saturated rings. The van der Waals surface area contributed by atoms with Crippen LogP contribution in [0.5, 0.6) is 0 Å². The van der Waals surface area contributed by atoms with Crippen molar-refractivity contribution in [2.45, 2.75) is 0 Å². The van der Waals surface area contributed by atoms with E-state index >= 15 is 0 Å². The van der Waals surface area contributed by atoms with Crippen molar-refractivity contribution in [3.63, 3.8) is 0 Å². The molecule has 0 aliphatic rings. The van der Waals surface area contributed by atoms with Gasteiger partial charge in [0, 0.05) is 27.5 Å². The standard InChI is InChI=1S/C46H29NO2/c1-2-11-35(12-3-1)47(40-16-9-19-43-46(40)38-15-5-7-18-42(38)48-43)36-13-8-10-33(28-36)30-20-22-31(23-21-30)34-25-24-32-26-27-44-45(39(32)29-34)37-14-4-6-17-41(37)49-44/h1-29H. The summed E-state index contributed by atoms with van der Waals surface area (Å²) in [5.74, 6) is 0. The highest BCUT2D eigenvalue weighted by Crippen LogP contribution is 2.43. The second-order valence-electron chi connectivity index (χ2n) is 12.5. The van der Waals surface area contributed by atoms with Crippen LogP contribution < -0.4 is 4.90 Å². The lowest BCUT2D eigenvalue weighted by atomic mass is 9.96. The molecule has 2 heterocycles. The minimum atomic E-state index is 0.877. The molecule has 3 heteroatoms. The Morgan fingerprint density at radius 2 is 0.878 bits per heavy atom. The van der Waals surface area contributed by atoms with Crippen molar-refractivity contribution in [1.82, 2.24) is 0 Å². The van der Waals surface area contributed by atoms with Crippen molar-refractivity contribution >= 4 is 71.7 Å². The van der Waals surface area contributed by atoms with Crippen molar-refractivity contribution in [2.24, 2.45) is 0 Å². The monoisotopic (exact) mass is 627 g/mol. The van der Waals surface area contributed by atoms with Crippen molar-refractivity contribution in [3.05, 3.63) is 176 Å². The Hall–Kier alpha value is -6.58. The summed E-state index contributed by atoms with van der Waals surface area (Å²) < 4.78 is 12.5. The van der Waals surface area contributed by atoms with Crippen LogP contribution in [0, 0.1) is 0 Å². The summed E-state index contributed by atoms with van der Waals surface area (Å²) in [5.41, 5.74) is 11.5. The van der Waals surface area contributed by atoms with E-state index in [1.54, 1.807) is 0 Å². The third-order valence-corrected chi connectivity index (χ3v) is 9.65. The van der Waals surface area contributed by atoms with E-state index in [9.17, 15) is 0 Å². The molecule has 49 heavy (non-hydrogen) atoms. The van der Waals surface area contributed by atoms with Crippen molar-refractivity contribution in [2.75, 3.05) is 4.90 Å². The normalized spacial score (nSPS) is 11.7. The molecule has 0 unspecified atom stereocenters. The van der Waals surface area contributed by atoms with E-state index in [2.05, 4.69) is 157 Å². The van der Waals surface area contributed by atoms with Crippen LogP contribution in [0.4, 0.5) is 17.1 Å². The summed E-state index contributed by atoms with van der Waals surface area (Å²) in [6.45, 7) is 0. The number of benzene rings is 8. The topological polar surface area (TPSA) is 29.5 Å². The van der Waals surface area contributed by atoms with Crippen LogP contribution in [0.3, 0.4) is 0 Å². The number of hydrogen-bond donors (Lipinski definition) is 0. The fourth-order valence-corrected chi connectivity index (χ4v) is 7.35. The molecule has 8 aromatic carbocycles. The Labute approximate surface area is 282 Å². The van der Waals surface area contributed by atoms with Crippen molar-refractivity contribution in [3.8, 4) is 22.3 Å². The van der Waals surface area contributed by atoms with E-state index in [1.165, 1.54) is 27.3 Å². The number of hydrogen-bond acceptors (Lipinski definition) is 3. The number of fused-ring (bicyclic) bond motifs is 8. The van der Waals surface area contributed by atoms with Gasteiger partial charge in [0.25, 0.3) is 0 Å². The Bertz CT molecular complexity index is 2830. The largest absolute Gasteiger partial charge is 0.456 e. The number of para-hydroxylation sites is 3. The van der Waals surface area contributed by atoms with Gasteiger partial charge in [-0.1, -0.05) is 115 Å². The molecule has 0 radical (unpaired) electrons. The van der Waals surface area contributed by atoms with Crippen molar-refractivity contribution in [1.29, 1.82) is 0 Å². The molecule has 3 nitrogen and oxygen atoms in total. The van der Waals surface area contributed by atoms with Gasteiger partial charge in [0.05, 0.1) is 11.1 Å². The van der Waals surface area contributed by atoms with Gasteiger partial charge in [0.15, 0.2) is 0 Å². The highest BCUT2D eigenvalue weighted by molar-refractivity contribution is 6.19. The molecule has 0 spiro atoms. The van der Waals surface area contributed by atoms with Gasteiger partial charge < -0.3 is 13.7 Å². The Morgan fingerprint density at radius 1 is 0.327 bits per heavy atom. The molecule has 10 aromatic rings. The number of rotatable bonds is 5. The zero-order chi connectivity index (χ0) is 32.3. The molecule has 0 saturated heterocycles. The lowest BCUT2D eigenvalue weighted by molar-refractivity contribution is 0.668. The molecule has 2 aromatic heterocycles. The third-order valence-electron chi connectivity index (χ3n) is 9.65. The van der Waals surface area contributed by atoms with E-state index in [4.69, 9.17) is 8.83 Å². The molecular weight excluding hydrogens is 599 g/mol. The SMILES string of the molecule is c1ccc(N(c2cccc(-c3ccc(-c4ccc5ccc6oc7ccccc7c6c5c4)cc3)c2)c2cccc3oc4ccccc4c23)cc1. The van der Waals surface area contributed by atoms with E-state index in [0.29, 0.717) is 0 Å². The zero-order valence-corrected chi connectivity index (χ0v) is 26.5. The van der Waals surface area contributed by atoms with Gasteiger partial charge in [-0.15, -0.1) is 0 Å². The van der Waals surface area contributed by atoms with E-state index in [0.717, 1.165) is 66.7 Å². The van der Waals surface area contributed by atoms with Crippen LogP contribution in [-0.4, -0.2) is 0 Å². The first-order valence-corrected chi connectivity index (χ1v) is 16.6. The van der Waals surface area contributed by atoms with Crippen LogP contribution in [0.25, 0.3) is 76.9 Å². The van der Waals surface area contributed by atoms with Crippen LogP contribution in [0.1, 0.15) is 0 Å². The molecule has 0 N–H and O–H groups in total. The Kier molecular flexibility index (Phi) is 6.18. The lowest BCUT2D eigenvalue weighted by Crippen LogP contribution is -2.10. The molecule has 0 bridgehead atoms. The highest BCUT2D eigenvalue weighted by Gasteiger charge is 2.19. The summed E-state index contributed by atoms with van der Waals surface area (Å²) in [6, 6.07) is 62.1. The summed E-state index contributed by atoms with van der Waals surface area (Å²) in [7, 11) is 0. The minimum Gasteiger partial charge on any atom is -0.456 e. The highest BCUT2D eigenvalue weighted by atomic mass is 16.3. The Balaban J connectivity index is 1.06. The summed E-state index contributed by atoms with van der Waals surface area (Å²) >= 11 is 0. The number of anilines is 3. The van der Waals surface area contributed by atoms with E-state index in [-0.39, 0.29) is 0 Å². The number of nitrogens with zero attached hydrogens (tertiary/aromatic N) is 1. The Morgan fingerprint density at radius 3 is 1.63 bits per heavy atom. The molecule has 0 atom stereocenters. The third kappa shape index (κ3) is 4.51. The van der Waals surface area contributed by atoms with E-state index in [1.807, 2.05) is 24.3 Å². The summed E-state index contributed by atoms with van der Waals surface area (Å²) in [6.07, 6.45) is 0. The maximum atomic E-state index is 6.28. The average Bonchev–Trinajstić information content (AvgIpc) is 3.75. The van der Waals surface area contributed by atoms with Gasteiger partial charge in [-0.25, -0.2) is 0 Å². The average molecular weight is 628 g/mol. The maximum Gasteiger partial charge on any atom is 0.137 e. The fourth-order valence-electron chi connectivity index (χ4n) is 7.35. The maximum absolute atomic E-state index is 6.28. The van der Waals surface area contributed by atoms with Gasteiger partial charge in [-0.05, 0) is 93.7 Å². The predicted molar refractivity (Wildman–Crippen MR) is 204 cm³/mol. The van der Waals surface area contributed by atoms with Gasteiger partial charge in [0.1, 0.15) is 22.3 Å². The van der Waals surface area contributed by atoms with Crippen LogP contribution in [0.15, 0.2) is 185 Å². The first-order valence-electron chi connectivity index (χ1n) is 16.6. The van der Waals surface area contributed by atoms with E-state index < -0.39 is 0 Å². The van der Waals surface area contributed by atoms with Gasteiger partial charge in [0.2, 0.25) is 0 Å². The molecule has 0 amide bonds. The van der Waals surface area contributed by atoms with Crippen LogP contribution in [-0.2, 0) is 0 Å². The smallest absolute Gasteiger partial charge is 0.137 e. The predicted octanol–water partition coefficient (Wildman–Crippen LogP) is 13.4. The summed E-state index contributed by atoms with van der Waals surface area (Å²) in [4.78, 5) is 2.33. The summed E-state index contributed by atoms with van der Waals surface area (Å²) in [5, 5.41) is 6.95. The van der Waals surface area contributed by atoms with Gasteiger partial charge >= 0.3 is 0 Å². The molecule has 0 aliphatic carbocycles. The van der Waals surface area contributed by atoms with Crippen LogP contribution >= 0.6 is 0 Å². The number of furan rings is 2. The minimum absolute atomic E-state index is 0.877. The fraction of sp³-hybridized carbons (Fsp3) is 0. The first-order chi connectivity index (χ1) is 24.3. The molecule has 10 rings (SSSR count). The molecular formula is C46H29NO2. The second kappa shape index (κ2) is 11.0. The molecule has 0 aliphatic heterocycles. The first kappa shape index (κ1) is 27.5. The lowest BCUT2D eigenvalue weighted by Gasteiger charge is -2.26. The molecule has 0 saturated carbocycles. The quantitative estimate of drug-likeness (QED) is 0.190. The van der Waals surface area contributed by atoms with Crippen LogP contribution in [0.2, 0.25) is 0 Å². The molecule has 230 valence electrons. The van der Waals surface area contributed by atoms with Crippen molar-refractivity contribution < 1.29 is 8.83 Å². The van der Waals surface area contributed by atoms with Gasteiger partial charge in [-0.3, -0.25) is 0 Å². The van der Waals surface area contributed by atoms with Gasteiger partial charge in [-0.2, -0.15) is 0 Å². The second-order valence-corrected chi connectivity index (χ2v) is 12.5. The zero-order valence-electron chi connectivity index (χ0n) is 26.5.